The molecule has 2 aromatic heterocycles. The number of carbonyl (C=O) groups is 2. The lowest BCUT2D eigenvalue weighted by Gasteiger charge is -2.39. The maximum atomic E-state index is 13.1. The Morgan fingerprint density at radius 1 is 1.16 bits per heavy atom. The number of amides is 2. The van der Waals surface area contributed by atoms with Crippen molar-refractivity contribution in [2.45, 2.75) is 90.1 Å². The second-order valence-corrected chi connectivity index (χ2v) is 9.99. The Kier molecular flexibility index (Phi) is 5.35. The average Bonchev–Trinajstić information content (AvgIpc) is 3.21. The number of fused-ring (bicyclic) bond motifs is 3. The normalized spacial score (nSPS) is 23.4. The molecule has 2 saturated heterocycles. The molecule has 2 aromatic rings. The molecule has 2 bridgehead atoms. The first-order valence-corrected chi connectivity index (χ1v) is 11.1. The van der Waals surface area contributed by atoms with Crippen LogP contribution >= 0.6 is 0 Å². The van der Waals surface area contributed by atoms with E-state index in [1.54, 1.807) is 15.3 Å². The summed E-state index contributed by atoms with van der Waals surface area (Å²) in [6.45, 7) is 9.45. The molecule has 4 heterocycles. The van der Waals surface area contributed by atoms with E-state index in [0.29, 0.717) is 12.8 Å². The van der Waals surface area contributed by atoms with Crippen LogP contribution in [-0.4, -0.2) is 49.8 Å². The number of nitrogens with zero attached hydrogens (tertiary/aromatic N) is 3. The molecule has 2 aliphatic rings. The molecule has 0 aliphatic carbocycles. The van der Waals surface area contributed by atoms with E-state index in [1.807, 2.05) is 57.8 Å². The molecular weight excluding hydrogens is 396 g/mol. The van der Waals surface area contributed by atoms with Crippen LogP contribution in [0.2, 0.25) is 0 Å². The zero-order chi connectivity index (χ0) is 22.5. The largest absolute Gasteiger partial charge is 0.444 e. The summed E-state index contributed by atoms with van der Waals surface area (Å²) in [5, 5.41) is 3.07. The molecule has 2 fully saturated rings. The maximum Gasteiger partial charge on any atom is 0.410 e. The van der Waals surface area contributed by atoms with E-state index >= 15 is 0 Å². The predicted molar refractivity (Wildman–Crippen MR) is 117 cm³/mol. The van der Waals surface area contributed by atoms with Gasteiger partial charge in [-0.05, 0) is 78.5 Å². The lowest BCUT2D eigenvalue weighted by Crippen LogP contribution is -2.53. The van der Waals surface area contributed by atoms with Gasteiger partial charge in [0.2, 0.25) is 0 Å². The molecule has 0 radical (unpaired) electrons. The SMILES string of the molecule is CC(C)n1c(=O)c(C(=O)NC2CC3CCC(C2)N3C(=O)OC(C)(C)C)cc2cccn21. The summed E-state index contributed by atoms with van der Waals surface area (Å²) in [6, 6.07) is 5.36. The Balaban J connectivity index is 1.51. The van der Waals surface area contributed by atoms with Crippen LogP contribution in [0.15, 0.2) is 29.2 Å². The number of nitrogens with one attached hydrogen (secondary N) is 1. The highest BCUT2D eigenvalue weighted by molar-refractivity contribution is 5.95. The van der Waals surface area contributed by atoms with Gasteiger partial charge in [0, 0.05) is 30.4 Å². The van der Waals surface area contributed by atoms with Gasteiger partial charge in [-0.3, -0.25) is 14.1 Å². The van der Waals surface area contributed by atoms with E-state index in [9.17, 15) is 14.4 Å². The summed E-state index contributed by atoms with van der Waals surface area (Å²) in [5.41, 5.74) is 0.125. The minimum atomic E-state index is -0.532. The quantitative estimate of drug-likeness (QED) is 0.813. The summed E-state index contributed by atoms with van der Waals surface area (Å²) in [6.07, 6.45) is 4.71. The van der Waals surface area contributed by atoms with Crippen molar-refractivity contribution >= 4 is 17.5 Å². The van der Waals surface area contributed by atoms with Crippen LogP contribution in [0.1, 0.15) is 76.7 Å². The summed E-state index contributed by atoms with van der Waals surface area (Å²) >= 11 is 0. The first kappa shape index (κ1) is 21.5. The summed E-state index contributed by atoms with van der Waals surface area (Å²) in [7, 11) is 0. The Labute approximate surface area is 182 Å². The van der Waals surface area contributed by atoms with Crippen LogP contribution in [0.4, 0.5) is 4.79 Å². The van der Waals surface area contributed by atoms with Gasteiger partial charge in [0.25, 0.3) is 11.5 Å². The maximum absolute atomic E-state index is 13.1. The molecular formula is C23H32N4O4. The molecule has 4 rings (SSSR count). The third kappa shape index (κ3) is 4.07. The zero-order valence-corrected chi connectivity index (χ0v) is 18.9. The highest BCUT2D eigenvalue weighted by atomic mass is 16.6. The van der Waals surface area contributed by atoms with Gasteiger partial charge in [-0.15, -0.1) is 0 Å². The van der Waals surface area contributed by atoms with E-state index < -0.39 is 5.60 Å². The Morgan fingerprint density at radius 3 is 2.39 bits per heavy atom. The predicted octanol–water partition coefficient (Wildman–Crippen LogP) is 3.34. The molecule has 0 saturated carbocycles. The Hall–Kier alpha value is -2.77. The average molecular weight is 429 g/mol. The van der Waals surface area contributed by atoms with Crippen LogP contribution in [0.5, 0.6) is 0 Å². The van der Waals surface area contributed by atoms with Crippen LogP contribution < -0.4 is 10.9 Å². The van der Waals surface area contributed by atoms with Gasteiger partial charge in [-0.1, -0.05) is 0 Å². The monoisotopic (exact) mass is 428 g/mol. The van der Waals surface area contributed by atoms with Crippen molar-refractivity contribution in [3.63, 3.8) is 0 Å². The van der Waals surface area contributed by atoms with Crippen molar-refractivity contribution in [1.29, 1.82) is 0 Å². The van der Waals surface area contributed by atoms with Gasteiger partial charge in [-0.25, -0.2) is 9.48 Å². The molecule has 8 nitrogen and oxygen atoms in total. The van der Waals surface area contributed by atoms with Crippen molar-refractivity contribution < 1.29 is 14.3 Å². The van der Waals surface area contributed by atoms with Crippen molar-refractivity contribution in [1.82, 2.24) is 19.4 Å². The fourth-order valence-corrected chi connectivity index (χ4v) is 4.94. The lowest BCUT2D eigenvalue weighted by molar-refractivity contribution is 0.00499. The van der Waals surface area contributed by atoms with Gasteiger partial charge < -0.3 is 15.0 Å². The van der Waals surface area contributed by atoms with Crippen LogP contribution in [0, 0.1) is 0 Å². The minimum absolute atomic E-state index is 0.0549. The number of ether oxygens (including phenoxy) is 1. The van der Waals surface area contributed by atoms with Crippen molar-refractivity contribution in [2.24, 2.45) is 0 Å². The first-order valence-electron chi connectivity index (χ1n) is 11.1. The van der Waals surface area contributed by atoms with Crippen LogP contribution in [0.25, 0.3) is 5.52 Å². The second kappa shape index (κ2) is 7.73. The third-order valence-corrected chi connectivity index (χ3v) is 6.13. The van der Waals surface area contributed by atoms with Gasteiger partial charge in [0.15, 0.2) is 0 Å². The molecule has 31 heavy (non-hydrogen) atoms. The van der Waals surface area contributed by atoms with E-state index in [0.717, 1.165) is 18.4 Å². The van der Waals surface area contributed by atoms with Crippen LogP contribution in [0.3, 0.4) is 0 Å². The second-order valence-electron chi connectivity index (χ2n) is 9.99. The fraction of sp³-hybridized carbons (Fsp3) is 0.609. The van der Waals surface area contributed by atoms with Crippen LogP contribution in [-0.2, 0) is 4.74 Å². The number of hydrogen-bond acceptors (Lipinski definition) is 4. The van der Waals surface area contributed by atoms with E-state index in [4.69, 9.17) is 4.74 Å². The summed E-state index contributed by atoms with van der Waals surface area (Å²) < 4.78 is 8.96. The standard InChI is InChI=1S/C23H32N4O4/c1-14(2)27-21(29)19(13-16-7-6-10-25(16)27)20(28)24-15-11-17-8-9-18(12-15)26(17)22(30)31-23(3,4)5/h6-7,10,13-15,17-18H,8-9,11-12H2,1-5H3,(H,24,28). The number of carbonyl (C=O) groups excluding carboxylic acids is 2. The number of rotatable bonds is 3. The first-order chi connectivity index (χ1) is 14.5. The van der Waals surface area contributed by atoms with Crippen molar-refractivity contribution in [2.75, 3.05) is 0 Å². The lowest BCUT2D eigenvalue weighted by atomic mass is 9.97. The van der Waals surface area contributed by atoms with Gasteiger partial charge in [-0.2, -0.15) is 0 Å². The van der Waals surface area contributed by atoms with Crippen molar-refractivity contribution in [3.8, 4) is 0 Å². The fourth-order valence-electron chi connectivity index (χ4n) is 4.94. The number of aromatic nitrogens is 2. The Morgan fingerprint density at radius 2 is 1.81 bits per heavy atom. The topological polar surface area (TPSA) is 85.0 Å². The molecule has 2 amide bonds. The molecule has 0 aromatic carbocycles. The highest BCUT2D eigenvalue weighted by Crippen LogP contribution is 2.36. The molecule has 0 spiro atoms. The molecule has 2 unspecified atom stereocenters. The minimum Gasteiger partial charge on any atom is -0.444 e. The number of piperidine rings is 1. The zero-order valence-electron chi connectivity index (χ0n) is 18.9. The molecule has 168 valence electrons. The molecule has 2 atom stereocenters. The van der Waals surface area contributed by atoms with Gasteiger partial charge in [0.05, 0.1) is 5.52 Å². The van der Waals surface area contributed by atoms with Gasteiger partial charge in [0.1, 0.15) is 11.2 Å². The Bertz CT molecular complexity index is 1050. The van der Waals surface area contributed by atoms with Gasteiger partial charge >= 0.3 is 6.09 Å². The molecule has 2 aliphatic heterocycles. The molecule has 8 heteroatoms. The van der Waals surface area contributed by atoms with E-state index in [2.05, 4.69) is 5.32 Å². The van der Waals surface area contributed by atoms with Crippen molar-refractivity contribution in [3.05, 3.63) is 40.3 Å². The smallest absolute Gasteiger partial charge is 0.410 e. The summed E-state index contributed by atoms with van der Waals surface area (Å²) in [5.74, 6) is -0.349. The van der Waals surface area contributed by atoms with E-state index in [-0.39, 0.29) is 47.3 Å². The number of hydrogen-bond donors (Lipinski definition) is 1. The highest BCUT2D eigenvalue weighted by Gasteiger charge is 2.45. The van der Waals surface area contributed by atoms with E-state index in [1.165, 1.54) is 0 Å². The summed E-state index contributed by atoms with van der Waals surface area (Å²) in [4.78, 5) is 40.6. The third-order valence-electron chi connectivity index (χ3n) is 6.13. The molecule has 1 N–H and O–H groups in total.